The van der Waals surface area contributed by atoms with E-state index < -0.39 is 0 Å². The maximum Gasteiger partial charge on any atom is 0.107 e. The first-order valence-corrected chi connectivity index (χ1v) is 7.63. The zero-order valence-electron chi connectivity index (χ0n) is 11.1. The van der Waals surface area contributed by atoms with E-state index in [4.69, 9.17) is 23.2 Å². The zero-order valence-corrected chi connectivity index (χ0v) is 13.5. The van der Waals surface area contributed by atoms with Crippen molar-refractivity contribution in [3.05, 3.63) is 38.6 Å². The lowest BCUT2D eigenvalue weighted by atomic mass is 10.1. The molecule has 0 atom stereocenters. The Hall–Kier alpha value is -0.610. The van der Waals surface area contributed by atoms with Gasteiger partial charge in [0.2, 0.25) is 0 Å². The van der Waals surface area contributed by atoms with Gasteiger partial charge in [-0.15, -0.1) is 11.3 Å². The van der Waals surface area contributed by atoms with Gasteiger partial charge in [-0.1, -0.05) is 23.2 Å². The lowest BCUT2D eigenvalue weighted by Crippen LogP contribution is -2.34. The highest BCUT2D eigenvalue weighted by Crippen LogP contribution is 2.31. The second-order valence-corrected chi connectivity index (χ2v) is 7.14. The molecule has 0 aliphatic carbocycles. The molecule has 2 rings (SSSR count). The molecule has 102 valence electrons. The van der Waals surface area contributed by atoms with Crippen LogP contribution in [0.2, 0.25) is 10.0 Å². The lowest BCUT2D eigenvalue weighted by molar-refractivity contribution is 0.424. The van der Waals surface area contributed by atoms with Crippen molar-refractivity contribution in [1.82, 2.24) is 10.3 Å². The molecule has 0 aliphatic heterocycles. The van der Waals surface area contributed by atoms with Crippen LogP contribution in [-0.2, 0) is 6.54 Å². The Labute approximate surface area is 127 Å². The maximum absolute atomic E-state index is 6.19. The molecule has 19 heavy (non-hydrogen) atoms. The number of hydrogen-bond acceptors (Lipinski definition) is 3. The van der Waals surface area contributed by atoms with E-state index in [2.05, 4.69) is 31.1 Å². The van der Waals surface area contributed by atoms with Crippen molar-refractivity contribution in [3.63, 3.8) is 0 Å². The van der Waals surface area contributed by atoms with Crippen molar-refractivity contribution in [3.8, 4) is 11.3 Å². The average Bonchev–Trinajstić information content (AvgIpc) is 2.74. The Balaban J connectivity index is 2.16. The molecular formula is C14H16Cl2N2S. The molecule has 1 aromatic heterocycles. The van der Waals surface area contributed by atoms with E-state index in [0.29, 0.717) is 10.0 Å². The molecule has 1 N–H and O–H groups in total. The van der Waals surface area contributed by atoms with E-state index >= 15 is 0 Å². The monoisotopic (exact) mass is 314 g/mol. The Morgan fingerprint density at radius 2 is 2.00 bits per heavy atom. The number of rotatable bonds is 3. The highest BCUT2D eigenvalue weighted by atomic mass is 35.5. The summed E-state index contributed by atoms with van der Waals surface area (Å²) in [6.45, 7) is 7.17. The van der Waals surface area contributed by atoms with Crippen LogP contribution in [0.4, 0.5) is 0 Å². The Morgan fingerprint density at radius 3 is 2.63 bits per heavy atom. The number of nitrogens with zero attached hydrogens (tertiary/aromatic N) is 1. The molecule has 2 nitrogen and oxygen atoms in total. The average molecular weight is 315 g/mol. The second kappa shape index (κ2) is 5.80. The number of aromatic nitrogens is 1. The van der Waals surface area contributed by atoms with Crippen LogP contribution >= 0.6 is 34.5 Å². The number of halogens is 2. The molecule has 1 heterocycles. The van der Waals surface area contributed by atoms with E-state index in [1.807, 2.05) is 17.5 Å². The molecule has 5 heteroatoms. The summed E-state index contributed by atoms with van der Waals surface area (Å²) in [7, 11) is 0. The Kier molecular flexibility index (Phi) is 4.51. The first-order chi connectivity index (χ1) is 8.85. The molecule has 0 radical (unpaired) electrons. The van der Waals surface area contributed by atoms with E-state index in [-0.39, 0.29) is 5.54 Å². The van der Waals surface area contributed by atoms with Gasteiger partial charge in [-0.3, -0.25) is 0 Å². The van der Waals surface area contributed by atoms with Gasteiger partial charge in [0.15, 0.2) is 0 Å². The second-order valence-electron chi connectivity index (χ2n) is 5.35. The largest absolute Gasteiger partial charge is 0.306 e. The fourth-order valence-electron chi connectivity index (χ4n) is 1.55. The highest BCUT2D eigenvalue weighted by Gasteiger charge is 2.12. The van der Waals surface area contributed by atoms with E-state index in [9.17, 15) is 0 Å². The molecule has 0 fully saturated rings. The third-order valence-corrected chi connectivity index (χ3v) is 3.93. The summed E-state index contributed by atoms with van der Waals surface area (Å²) in [6.07, 6.45) is 0. The lowest BCUT2D eigenvalue weighted by Gasteiger charge is -2.19. The SMILES string of the molecule is CC(C)(C)NCc1nc(-c2ccc(Cl)cc2Cl)cs1. The van der Waals surface area contributed by atoms with Crippen molar-refractivity contribution in [2.75, 3.05) is 0 Å². The predicted octanol–water partition coefficient (Wildman–Crippen LogP) is 5.01. The van der Waals surface area contributed by atoms with Crippen LogP contribution in [-0.4, -0.2) is 10.5 Å². The van der Waals surface area contributed by atoms with E-state index in [0.717, 1.165) is 22.8 Å². The first-order valence-electron chi connectivity index (χ1n) is 6.00. The summed E-state index contributed by atoms with van der Waals surface area (Å²) in [5.74, 6) is 0. The normalized spacial score (nSPS) is 11.8. The van der Waals surface area contributed by atoms with E-state index in [1.54, 1.807) is 17.4 Å². The summed E-state index contributed by atoms with van der Waals surface area (Å²) in [4.78, 5) is 4.60. The fourth-order valence-corrected chi connectivity index (χ4v) is 2.79. The quantitative estimate of drug-likeness (QED) is 0.861. The third-order valence-electron chi connectivity index (χ3n) is 2.53. The van der Waals surface area contributed by atoms with Gasteiger partial charge in [0, 0.05) is 28.0 Å². The van der Waals surface area contributed by atoms with Crippen molar-refractivity contribution < 1.29 is 0 Å². The smallest absolute Gasteiger partial charge is 0.107 e. The molecule has 0 spiro atoms. The molecule has 2 aromatic rings. The van der Waals surface area contributed by atoms with Crippen LogP contribution in [0.1, 0.15) is 25.8 Å². The minimum atomic E-state index is 0.0871. The summed E-state index contributed by atoms with van der Waals surface area (Å²) in [5.41, 5.74) is 1.91. The number of nitrogens with one attached hydrogen (secondary N) is 1. The molecule has 0 saturated carbocycles. The fraction of sp³-hybridized carbons (Fsp3) is 0.357. The highest BCUT2D eigenvalue weighted by molar-refractivity contribution is 7.09. The number of hydrogen-bond donors (Lipinski definition) is 1. The molecule has 0 amide bonds. The maximum atomic E-state index is 6.19. The van der Waals surface area contributed by atoms with Gasteiger partial charge in [0.25, 0.3) is 0 Å². The molecule has 0 bridgehead atoms. The van der Waals surface area contributed by atoms with Gasteiger partial charge < -0.3 is 5.32 Å². The molecule has 0 unspecified atom stereocenters. The summed E-state index contributed by atoms with van der Waals surface area (Å²) >= 11 is 13.7. The van der Waals surface area contributed by atoms with Crippen molar-refractivity contribution >= 4 is 34.5 Å². The van der Waals surface area contributed by atoms with Gasteiger partial charge in [-0.05, 0) is 39.0 Å². The third kappa shape index (κ3) is 4.18. The number of thiazole rings is 1. The van der Waals surface area contributed by atoms with Crippen LogP contribution in [0.15, 0.2) is 23.6 Å². The summed E-state index contributed by atoms with van der Waals surface area (Å²) in [6, 6.07) is 5.47. The first kappa shape index (κ1) is 14.8. The van der Waals surface area contributed by atoms with Gasteiger partial charge >= 0.3 is 0 Å². The van der Waals surface area contributed by atoms with Crippen molar-refractivity contribution in [2.24, 2.45) is 0 Å². The van der Waals surface area contributed by atoms with Crippen LogP contribution in [0, 0.1) is 0 Å². The van der Waals surface area contributed by atoms with Gasteiger partial charge in [-0.25, -0.2) is 4.98 Å². The molecular weight excluding hydrogens is 299 g/mol. The summed E-state index contributed by atoms with van der Waals surface area (Å²) < 4.78 is 0. The van der Waals surface area contributed by atoms with Crippen molar-refractivity contribution in [1.29, 1.82) is 0 Å². The van der Waals surface area contributed by atoms with Crippen LogP contribution < -0.4 is 5.32 Å². The molecule has 1 aromatic carbocycles. The van der Waals surface area contributed by atoms with Crippen LogP contribution in [0.5, 0.6) is 0 Å². The topological polar surface area (TPSA) is 24.9 Å². The zero-order chi connectivity index (χ0) is 14.0. The number of benzene rings is 1. The minimum Gasteiger partial charge on any atom is -0.306 e. The minimum absolute atomic E-state index is 0.0871. The van der Waals surface area contributed by atoms with E-state index in [1.165, 1.54) is 0 Å². The van der Waals surface area contributed by atoms with Crippen LogP contribution in [0.3, 0.4) is 0 Å². The predicted molar refractivity (Wildman–Crippen MR) is 84.2 cm³/mol. The van der Waals surface area contributed by atoms with Gasteiger partial charge in [-0.2, -0.15) is 0 Å². The molecule has 0 saturated heterocycles. The van der Waals surface area contributed by atoms with Gasteiger partial charge in [0.05, 0.1) is 10.7 Å². The van der Waals surface area contributed by atoms with Crippen molar-refractivity contribution in [2.45, 2.75) is 32.9 Å². The van der Waals surface area contributed by atoms with Gasteiger partial charge in [0.1, 0.15) is 5.01 Å². The Bertz CT molecular complexity index is 573. The Morgan fingerprint density at radius 1 is 1.26 bits per heavy atom. The standard InChI is InChI=1S/C14H16Cl2N2S/c1-14(2,3)17-7-13-18-12(8-19-13)10-5-4-9(15)6-11(10)16/h4-6,8,17H,7H2,1-3H3. The molecule has 0 aliphatic rings. The van der Waals surface area contributed by atoms with Crippen LogP contribution in [0.25, 0.3) is 11.3 Å². The summed E-state index contributed by atoms with van der Waals surface area (Å²) in [5, 5.41) is 7.77.